The largest absolute Gasteiger partial charge is 0.396 e. The summed E-state index contributed by atoms with van der Waals surface area (Å²) in [4.78, 5) is 11.0. The Kier molecular flexibility index (Phi) is 5.38. The Morgan fingerprint density at radius 3 is 2.60 bits per heavy atom. The summed E-state index contributed by atoms with van der Waals surface area (Å²) in [6.45, 7) is 0.900. The normalized spacial score (nSPS) is 10.6. The monoisotopic (exact) mass is 289 g/mol. The Labute approximate surface area is 123 Å². The maximum Gasteiger partial charge on any atom is 0.189 e. The molecule has 0 aliphatic rings. The molecule has 0 atom stereocenters. The molecule has 4 nitrogen and oxygen atoms in total. The number of nitrogens with zero attached hydrogens (tertiary/aromatic N) is 3. The van der Waals surface area contributed by atoms with Gasteiger partial charge in [0.2, 0.25) is 0 Å². The molecule has 0 fully saturated rings. The molecule has 0 unspecified atom stereocenters. The Morgan fingerprint density at radius 1 is 1.20 bits per heavy atom. The van der Waals surface area contributed by atoms with Gasteiger partial charge in [0.25, 0.3) is 0 Å². The van der Waals surface area contributed by atoms with Gasteiger partial charge >= 0.3 is 0 Å². The molecular formula is C15H19N3OS. The SMILES string of the molecule is CSc1nc(CCO)cc(N(C)Cc2ccccc2)n1. The van der Waals surface area contributed by atoms with Gasteiger partial charge in [-0.1, -0.05) is 42.1 Å². The first-order valence-electron chi connectivity index (χ1n) is 6.51. The van der Waals surface area contributed by atoms with Crippen LogP contribution >= 0.6 is 11.8 Å². The first kappa shape index (κ1) is 14.8. The highest BCUT2D eigenvalue weighted by Gasteiger charge is 2.08. The van der Waals surface area contributed by atoms with Gasteiger partial charge in [-0.15, -0.1) is 0 Å². The van der Waals surface area contributed by atoms with Crippen LogP contribution in [0.15, 0.2) is 41.6 Å². The van der Waals surface area contributed by atoms with Crippen LogP contribution in [0.1, 0.15) is 11.3 Å². The average Bonchev–Trinajstić information content (AvgIpc) is 2.48. The molecule has 106 valence electrons. The fraction of sp³-hybridized carbons (Fsp3) is 0.333. The maximum absolute atomic E-state index is 9.07. The summed E-state index contributed by atoms with van der Waals surface area (Å²) in [6, 6.07) is 12.2. The smallest absolute Gasteiger partial charge is 0.189 e. The molecule has 1 heterocycles. The van der Waals surface area contributed by atoms with Gasteiger partial charge in [-0.2, -0.15) is 0 Å². The Bertz CT molecular complexity index is 548. The number of aromatic nitrogens is 2. The van der Waals surface area contributed by atoms with Gasteiger partial charge in [-0.25, -0.2) is 9.97 Å². The average molecular weight is 289 g/mol. The predicted molar refractivity (Wildman–Crippen MR) is 83.2 cm³/mol. The molecule has 5 heteroatoms. The van der Waals surface area contributed by atoms with Gasteiger partial charge in [-0.05, 0) is 11.8 Å². The zero-order chi connectivity index (χ0) is 14.4. The van der Waals surface area contributed by atoms with Gasteiger partial charge < -0.3 is 10.0 Å². The molecule has 1 aromatic heterocycles. The molecule has 0 saturated carbocycles. The fourth-order valence-electron chi connectivity index (χ4n) is 1.93. The number of thioether (sulfide) groups is 1. The number of hydrogen-bond acceptors (Lipinski definition) is 5. The van der Waals surface area contributed by atoms with Crippen LogP contribution in [0.25, 0.3) is 0 Å². The molecule has 0 radical (unpaired) electrons. The Hall–Kier alpha value is -1.59. The lowest BCUT2D eigenvalue weighted by atomic mass is 10.2. The number of aliphatic hydroxyl groups is 1. The third kappa shape index (κ3) is 3.95. The lowest BCUT2D eigenvalue weighted by Crippen LogP contribution is -2.18. The van der Waals surface area contributed by atoms with Crippen LogP contribution < -0.4 is 4.90 Å². The molecule has 0 amide bonds. The molecule has 0 saturated heterocycles. The van der Waals surface area contributed by atoms with Crippen molar-refractivity contribution in [3.8, 4) is 0 Å². The van der Waals surface area contributed by atoms with Gasteiger partial charge in [0.1, 0.15) is 5.82 Å². The third-order valence-electron chi connectivity index (χ3n) is 2.95. The lowest BCUT2D eigenvalue weighted by molar-refractivity contribution is 0.298. The molecule has 0 bridgehead atoms. The second kappa shape index (κ2) is 7.26. The van der Waals surface area contributed by atoms with E-state index < -0.39 is 0 Å². The van der Waals surface area contributed by atoms with Crippen molar-refractivity contribution in [2.45, 2.75) is 18.1 Å². The van der Waals surface area contributed by atoms with E-state index in [0.29, 0.717) is 6.42 Å². The van der Waals surface area contributed by atoms with Crippen LogP contribution in [-0.2, 0) is 13.0 Å². The molecule has 0 spiro atoms. The highest BCUT2D eigenvalue weighted by atomic mass is 32.2. The van der Waals surface area contributed by atoms with Gasteiger partial charge in [0.15, 0.2) is 5.16 Å². The van der Waals surface area contributed by atoms with E-state index in [2.05, 4.69) is 27.0 Å². The molecule has 2 rings (SSSR count). The molecule has 20 heavy (non-hydrogen) atoms. The summed E-state index contributed by atoms with van der Waals surface area (Å²) in [5.41, 5.74) is 2.12. The van der Waals surface area contributed by atoms with E-state index in [0.717, 1.165) is 23.2 Å². The number of rotatable bonds is 6. The molecule has 1 aromatic carbocycles. The molecule has 0 aliphatic heterocycles. The maximum atomic E-state index is 9.07. The van der Waals surface area contributed by atoms with Crippen LogP contribution in [0.5, 0.6) is 0 Å². The summed E-state index contributed by atoms with van der Waals surface area (Å²) in [7, 11) is 2.02. The second-order valence-electron chi connectivity index (χ2n) is 4.52. The second-order valence-corrected chi connectivity index (χ2v) is 5.29. The molecule has 2 aromatic rings. The summed E-state index contributed by atoms with van der Waals surface area (Å²) >= 11 is 1.52. The number of aliphatic hydroxyl groups excluding tert-OH is 1. The zero-order valence-electron chi connectivity index (χ0n) is 11.8. The lowest BCUT2D eigenvalue weighted by Gasteiger charge is -2.19. The summed E-state index contributed by atoms with van der Waals surface area (Å²) in [6.07, 6.45) is 2.52. The van der Waals surface area contributed by atoms with Gasteiger partial charge in [-0.3, -0.25) is 0 Å². The van der Waals surface area contributed by atoms with Crippen molar-refractivity contribution < 1.29 is 5.11 Å². The standard InChI is InChI=1S/C15H19N3OS/c1-18(11-12-6-4-3-5-7-12)14-10-13(8-9-19)16-15(17-14)20-2/h3-7,10,19H,8-9,11H2,1-2H3. The van der Waals surface area contributed by atoms with Crippen LogP contribution in [0.2, 0.25) is 0 Å². The van der Waals surface area contributed by atoms with E-state index in [1.165, 1.54) is 17.3 Å². The van der Waals surface area contributed by atoms with Crippen LogP contribution in [-0.4, -0.2) is 35.0 Å². The molecular weight excluding hydrogens is 270 g/mol. The number of anilines is 1. The predicted octanol–water partition coefficient (Wildman–Crippen LogP) is 2.37. The first-order chi connectivity index (χ1) is 9.72. The van der Waals surface area contributed by atoms with Crippen molar-refractivity contribution in [3.05, 3.63) is 47.7 Å². The van der Waals surface area contributed by atoms with Crippen LogP contribution in [0, 0.1) is 0 Å². The minimum atomic E-state index is 0.104. The van der Waals surface area contributed by atoms with Gasteiger partial charge in [0, 0.05) is 38.4 Å². The highest BCUT2D eigenvalue weighted by Crippen LogP contribution is 2.18. The zero-order valence-corrected chi connectivity index (χ0v) is 12.6. The van der Waals surface area contributed by atoms with E-state index in [1.807, 2.05) is 37.6 Å². The topological polar surface area (TPSA) is 49.3 Å². The van der Waals surface area contributed by atoms with Crippen molar-refractivity contribution in [2.24, 2.45) is 0 Å². The highest BCUT2D eigenvalue weighted by molar-refractivity contribution is 7.98. The minimum absolute atomic E-state index is 0.104. The van der Waals surface area contributed by atoms with E-state index in [1.54, 1.807) is 0 Å². The Balaban J connectivity index is 2.19. The van der Waals surface area contributed by atoms with Crippen molar-refractivity contribution in [1.29, 1.82) is 0 Å². The molecule has 0 aliphatic carbocycles. The minimum Gasteiger partial charge on any atom is -0.396 e. The van der Waals surface area contributed by atoms with E-state index in [-0.39, 0.29) is 6.61 Å². The van der Waals surface area contributed by atoms with E-state index in [4.69, 9.17) is 5.11 Å². The van der Waals surface area contributed by atoms with Crippen molar-refractivity contribution >= 4 is 17.6 Å². The summed E-state index contributed by atoms with van der Waals surface area (Å²) in [5.74, 6) is 0.886. The van der Waals surface area contributed by atoms with E-state index in [9.17, 15) is 0 Å². The summed E-state index contributed by atoms with van der Waals surface area (Å²) < 4.78 is 0. The first-order valence-corrected chi connectivity index (χ1v) is 7.73. The quantitative estimate of drug-likeness (QED) is 0.653. The number of benzene rings is 1. The van der Waals surface area contributed by atoms with Crippen LogP contribution in [0.4, 0.5) is 5.82 Å². The van der Waals surface area contributed by atoms with Crippen molar-refractivity contribution in [2.75, 3.05) is 24.8 Å². The van der Waals surface area contributed by atoms with Crippen molar-refractivity contribution in [3.63, 3.8) is 0 Å². The summed E-state index contributed by atoms with van der Waals surface area (Å²) in [5, 5.41) is 9.81. The number of hydrogen-bond donors (Lipinski definition) is 1. The van der Waals surface area contributed by atoms with Crippen LogP contribution in [0.3, 0.4) is 0 Å². The fourth-order valence-corrected chi connectivity index (χ4v) is 2.32. The Morgan fingerprint density at radius 2 is 1.95 bits per heavy atom. The van der Waals surface area contributed by atoms with Crippen molar-refractivity contribution in [1.82, 2.24) is 9.97 Å². The van der Waals surface area contributed by atoms with E-state index >= 15 is 0 Å². The third-order valence-corrected chi connectivity index (χ3v) is 3.50. The van der Waals surface area contributed by atoms with Gasteiger partial charge in [0.05, 0.1) is 0 Å². The molecule has 1 N–H and O–H groups in total.